The number of hydrogen-bond donors (Lipinski definition) is 2. The Balaban J connectivity index is 1.83. The van der Waals surface area contributed by atoms with Crippen LogP contribution in [0.2, 0.25) is 0 Å². The molecule has 0 amide bonds. The molecule has 0 fully saturated rings. The molecule has 2 aromatic heterocycles. The fourth-order valence-electron chi connectivity index (χ4n) is 1.22. The molecule has 0 bridgehead atoms. The number of carbonyl (C=O) groups is 1. The molecule has 2 N–H and O–H groups in total. The van der Waals surface area contributed by atoms with Crippen molar-refractivity contribution in [1.82, 2.24) is 10.3 Å². The first kappa shape index (κ1) is 10.8. The summed E-state index contributed by atoms with van der Waals surface area (Å²) in [7, 11) is 0. The first-order chi connectivity index (χ1) is 7.75. The van der Waals surface area contributed by atoms with Crippen molar-refractivity contribution in [2.75, 3.05) is 0 Å². The molecule has 2 aromatic rings. The van der Waals surface area contributed by atoms with Crippen molar-refractivity contribution in [2.24, 2.45) is 0 Å². The smallest absolute Gasteiger partial charge is 0.371 e. The van der Waals surface area contributed by atoms with Crippen LogP contribution >= 0.6 is 11.3 Å². The summed E-state index contributed by atoms with van der Waals surface area (Å²) < 4.78 is 5.09. The number of aromatic carboxylic acids is 1. The van der Waals surface area contributed by atoms with E-state index in [1.54, 1.807) is 23.6 Å². The molecule has 5 nitrogen and oxygen atoms in total. The third-order valence-electron chi connectivity index (χ3n) is 1.93. The van der Waals surface area contributed by atoms with Crippen LogP contribution in [0.5, 0.6) is 0 Å². The van der Waals surface area contributed by atoms with Gasteiger partial charge in [-0.1, -0.05) is 0 Å². The van der Waals surface area contributed by atoms with Crippen LogP contribution in [0.25, 0.3) is 0 Å². The van der Waals surface area contributed by atoms with Crippen molar-refractivity contribution < 1.29 is 14.3 Å². The van der Waals surface area contributed by atoms with E-state index >= 15 is 0 Å². The SMILES string of the molecule is O=C(O)c1ccc(CNCc2nccs2)o1. The van der Waals surface area contributed by atoms with E-state index in [1.165, 1.54) is 6.07 Å². The summed E-state index contributed by atoms with van der Waals surface area (Å²) >= 11 is 1.57. The molecule has 0 atom stereocenters. The van der Waals surface area contributed by atoms with E-state index in [2.05, 4.69) is 10.3 Å². The van der Waals surface area contributed by atoms with Gasteiger partial charge >= 0.3 is 5.97 Å². The number of hydrogen-bond acceptors (Lipinski definition) is 5. The number of rotatable bonds is 5. The second kappa shape index (κ2) is 4.91. The van der Waals surface area contributed by atoms with Crippen LogP contribution in [-0.4, -0.2) is 16.1 Å². The van der Waals surface area contributed by atoms with Crippen molar-refractivity contribution in [3.8, 4) is 0 Å². The molecule has 84 valence electrons. The first-order valence-corrected chi connectivity index (χ1v) is 5.55. The topological polar surface area (TPSA) is 75.4 Å². The van der Waals surface area contributed by atoms with Gasteiger partial charge in [-0.25, -0.2) is 9.78 Å². The number of thiazole rings is 1. The summed E-state index contributed by atoms with van der Waals surface area (Å²) in [5.41, 5.74) is 0. The number of carboxylic acids is 1. The molecule has 0 saturated heterocycles. The molecule has 2 heterocycles. The Morgan fingerprint density at radius 3 is 3.00 bits per heavy atom. The zero-order valence-electron chi connectivity index (χ0n) is 8.34. The van der Waals surface area contributed by atoms with E-state index in [0.717, 1.165) is 5.01 Å². The number of aromatic nitrogens is 1. The maximum Gasteiger partial charge on any atom is 0.371 e. The molecule has 0 aliphatic heterocycles. The Kier molecular flexibility index (Phi) is 3.33. The van der Waals surface area contributed by atoms with Gasteiger partial charge in [-0.3, -0.25) is 0 Å². The van der Waals surface area contributed by atoms with Crippen LogP contribution in [0.1, 0.15) is 21.3 Å². The lowest BCUT2D eigenvalue weighted by atomic mass is 10.4. The van der Waals surface area contributed by atoms with E-state index in [-0.39, 0.29) is 5.76 Å². The maximum absolute atomic E-state index is 10.6. The Morgan fingerprint density at radius 1 is 1.50 bits per heavy atom. The zero-order chi connectivity index (χ0) is 11.4. The number of nitrogens with zero attached hydrogens (tertiary/aromatic N) is 1. The molecule has 6 heteroatoms. The van der Waals surface area contributed by atoms with Crippen LogP contribution in [0, 0.1) is 0 Å². The average Bonchev–Trinajstić information content (AvgIpc) is 2.87. The number of furan rings is 1. The normalized spacial score (nSPS) is 10.5. The van der Waals surface area contributed by atoms with Gasteiger partial charge in [0.15, 0.2) is 0 Å². The van der Waals surface area contributed by atoms with E-state index in [0.29, 0.717) is 18.8 Å². The summed E-state index contributed by atoms with van der Waals surface area (Å²) in [5.74, 6) is -0.480. The van der Waals surface area contributed by atoms with Crippen LogP contribution in [0.15, 0.2) is 28.1 Å². The minimum atomic E-state index is -1.05. The van der Waals surface area contributed by atoms with Gasteiger partial charge < -0.3 is 14.8 Å². The van der Waals surface area contributed by atoms with Crippen molar-refractivity contribution >= 4 is 17.3 Å². The molecule has 0 aromatic carbocycles. The molecule has 16 heavy (non-hydrogen) atoms. The predicted octanol–water partition coefficient (Wildman–Crippen LogP) is 1.72. The zero-order valence-corrected chi connectivity index (χ0v) is 9.16. The number of nitrogens with one attached hydrogen (secondary N) is 1. The van der Waals surface area contributed by atoms with Gasteiger partial charge in [-0.2, -0.15) is 0 Å². The lowest BCUT2D eigenvalue weighted by molar-refractivity contribution is 0.0660. The largest absolute Gasteiger partial charge is 0.475 e. The molecule has 0 aliphatic carbocycles. The van der Waals surface area contributed by atoms with Gasteiger partial charge in [0.2, 0.25) is 5.76 Å². The lowest BCUT2D eigenvalue weighted by Gasteiger charge is -1.98. The molecule has 0 spiro atoms. The third kappa shape index (κ3) is 2.68. The Bertz CT molecular complexity index is 464. The molecular formula is C10H10N2O3S. The molecule has 0 aliphatic rings. The third-order valence-corrected chi connectivity index (χ3v) is 2.71. The molecule has 0 radical (unpaired) electrons. The second-order valence-corrected chi connectivity index (χ2v) is 4.08. The van der Waals surface area contributed by atoms with E-state index < -0.39 is 5.97 Å². The molecule has 2 rings (SSSR count). The van der Waals surface area contributed by atoms with Crippen molar-refractivity contribution in [3.63, 3.8) is 0 Å². The van der Waals surface area contributed by atoms with Gasteiger partial charge in [-0.05, 0) is 12.1 Å². The minimum absolute atomic E-state index is 0.0361. The monoisotopic (exact) mass is 238 g/mol. The first-order valence-electron chi connectivity index (χ1n) is 4.67. The maximum atomic E-state index is 10.6. The summed E-state index contributed by atoms with van der Waals surface area (Å²) in [5, 5.41) is 14.7. The number of carboxylic acid groups (broad SMARTS) is 1. The highest BCUT2D eigenvalue weighted by molar-refractivity contribution is 7.09. The predicted molar refractivity (Wildman–Crippen MR) is 58.3 cm³/mol. The van der Waals surface area contributed by atoms with Crippen LogP contribution in [0.3, 0.4) is 0 Å². The molecular weight excluding hydrogens is 228 g/mol. The Morgan fingerprint density at radius 2 is 2.38 bits per heavy atom. The fourth-order valence-corrected chi connectivity index (χ4v) is 1.81. The summed E-state index contributed by atoms with van der Waals surface area (Å²) in [6.07, 6.45) is 1.75. The minimum Gasteiger partial charge on any atom is -0.475 e. The van der Waals surface area contributed by atoms with E-state index in [4.69, 9.17) is 9.52 Å². The van der Waals surface area contributed by atoms with Gasteiger partial charge in [0.25, 0.3) is 0 Å². The quantitative estimate of drug-likeness (QED) is 0.829. The summed E-state index contributed by atoms with van der Waals surface area (Å²) in [6, 6.07) is 3.10. The van der Waals surface area contributed by atoms with Crippen molar-refractivity contribution in [1.29, 1.82) is 0 Å². The van der Waals surface area contributed by atoms with Gasteiger partial charge in [0, 0.05) is 18.1 Å². The lowest BCUT2D eigenvalue weighted by Crippen LogP contribution is -2.11. The van der Waals surface area contributed by atoms with Crippen molar-refractivity contribution in [2.45, 2.75) is 13.1 Å². The summed E-state index contributed by atoms with van der Waals surface area (Å²) in [4.78, 5) is 14.7. The van der Waals surface area contributed by atoms with E-state index in [9.17, 15) is 4.79 Å². The van der Waals surface area contributed by atoms with Crippen LogP contribution in [-0.2, 0) is 13.1 Å². The van der Waals surface area contributed by atoms with Gasteiger partial charge in [-0.15, -0.1) is 11.3 Å². The Hall–Kier alpha value is -1.66. The standard InChI is InChI=1S/C10H10N2O3S/c13-10(14)8-2-1-7(15-8)5-11-6-9-12-3-4-16-9/h1-4,11H,5-6H2,(H,13,14). The fraction of sp³-hybridized carbons (Fsp3) is 0.200. The molecule has 0 saturated carbocycles. The highest BCUT2D eigenvalue weighted by atomic mass is 32.1. The highest BCUT2D eigenvalue weighted by Gasteiger charge is 2.08. The van der Waals surface area contributed by atoms with E-state index in [1.807, 2.05) is 5.38 Å². The van der Waals surface area contributed by atoms with Crippen LogP contribution < -0.4 is 5.32 Å². The summed E-state index contributed by atoms with van der Waals surface area (Å²) in [6.45, 7) is 1.15. The van der Waals surface area contributed by atoms with Crippen LogP contribution in [0.4, 0.5) is 0 Å². The van der Waals surface area contributed by atoms with Gasteiger partial charge in [0.05, 0.1) is 6.54 Å². The molecule has 0 unspecified atom stereocenters. The average molecular weight is 238 g/mol. The van der Waals surface area contributed by atoms with Crippen molar-refractivity contribution in [3.05, 3.63) is 40.2 Å². The van der Waals surface area contributed by atoms with Gasteiger partial charge in [0.1, 0.15) is 10.8 Å². The highest BCUT2D eigenvalue weighted by Crippen LogP contribution is 2.08. The second-order valence-electron chi connectivity index (χ2n) is 3.10. The Labute approximate surface area is 95.7 Å².